The van der Waals surface area contributed by atoms with Gasteiger partial charge in [-0.2, -0.15) is 0 Å². The van der Waals surface area contributed by atoms with Crippen LogP contribution >= 0.6 is 0 Å². The van der Waals surface area contributed by atoms with Crippen LogP contribution in [0, 0.1) is 11.8 Å². The molecule has 0 N–H and O–H groups in total. The van der Waals surface area contributed by atoms with Crippen molar-refractivity contribution in [3.8, 4) is 0 Å². The summed E-state index contributed by atoms with van der Waals surface area (Å²) < 4.78 is 0. The fraction of sp³-hybridized carbons (Fsp3) is 1.00. The zero-order valence-corrected chi connectivity index (χ0v) is 15.2. The van der Waals surface area contributed by atoms with E-state index in [0.717, 1.165) is 11.8 Å². The Kier molecular flexibility index (Phi) is 11.3. The number of nitrogens with zero attached hydrogens (tertiary/aromatic N) is 1. The topological polar surface area (TPSA) is 3.24 Å². The largest absolute Gasteiger partial charge is 0.303 e. The molecule has 0 bridgehead atoms. The van der Waals surface area contributed by atoms with Gasteiger partial charge in [0, 0.05) is 0 Å². The molecule has 1 heteroatoms. The van der Waals surface area contributed by atoms with Crippen molar-refractivity contribution in [3.05, 3.63) is 0 Å². The van der Waals surface area contributed by atoms with Gasteiger partial charge in [0.05, 0.1) is 0 Å². The minimum atomic E-state index is 0.893. The summed E-state index contributed by atoms with van der Waals surface area (Å²) in [6.07, 6.45) is 17.4. The molecule has 21 heavy (non-hydrogen) atoms. The fourth-order valence-corrected chi connectivity index (χ4v) is 3.67. The second kappa shape index (κ2) is 12.5. The van der Waals surface area contributed by atoms with Crippen LogP contribution in [0.2, 0.25) is 0 Å². The first-order valence-electron chi connectivity index (χ1n) is 9.96. The van der Waals surface area contributed by atoms with Crippen molar-refractivity contribution in [1.82, 2.24) is 4.90 Å². The Hall–Kier alpha value is -0.0400. The molecule has 1 aliphatic rings. The first-order valence-corrected chi connectivity index (χ1v) is 9.96. The highest BCUT2D eigenvalue weighted by molar-refractivity contribution is 4.74. The minimum absolute atomic E-state index is 0.893. The second-order valence-electron chi connectivity index (χ2n) is 7.61. The Labute approximate surface area is 134 Å². The number of likely N-dealkylation sites (tertiary alicyclic amines) is 1. The smallest absolute Gasteiger partial charge is 0.00160 e. The molecule has 0 atom stereocenters. The molecule has 126 valence electrons. The molecule has 0 aromatic heterocycles. The van der Waals surface area contributed by atoms with Crippen LogP contribution in [0.3, 0.4) is 0 Å². The maximum Gasteiger partial charge on any atom is -0.00160 e. The number of piperidine rings is 1. The Bertz CT molecular complexity index is 216. The van der Waals surface area contributed by atoms with Gasteiger partial charge in [0.25, 0.3) is 0 Å². The van der Waals surface area contributed by atoms with Crippen molar-refractivity contribution in [2.45, 2.75) is 97.8 Å². The molecule has 0 radical (unpaired) electrons. The van der Waals surface area contributed by atoms with Gasteiger partial charge in [-0.1, -0.05) is 78.6 Å². The molecular weight excluding hydrogens is 254 g/mol. The summed E-state index contributed by atoms with van der Waals surface area (Å²) in [7, 11) is 0. The maximum atomic E-state index is 2.71. The van der Waals surface area contributed by atoms with Gasteiger partial charge in [0.15, 0.2) is 0 Å². The van der Waals surface area contributed by atoms with Crippen molar-refractivity contribution in [3.63, 3.8) is 0 Å². The summed E-state index contributed by atoms with van der Waals surface area (Å²) in [6.45, 7) is 11.2. The normalized spacial score (nSPS) is 17.7. The molecule has 1 heterocycles. The van der Waals surface area contributed by atoms with Gasteiger partial charge >= 0.3 is 0 Å². The van der Waals surface area contributed by atoms with Gasteiger partial charge in [-0.05, 0) is 50.7 Å². The van der Waals surface area contributed by atoms with E-state index in [9.17, 15) is 0 Å². The highest BCUT2D eigenvalue weighted by atomic mass is 15.1. The molecule has 0 spiro atoms. The van der Waals surface area contributed by atoms with Crippen molar-refractivity contribution in [2.75, 3.05) is 19.6 Å². The molecule has 1 fully saturated rings. The van der Waals surface area contributed by atoms with E-state index in [1.165, 1.54) is 96.7 Å². The third kappa shape index (κ3) is 9.55. The predicted octanol–water partition coefficient (Wildman–Crippen LogP) is 6.28. The van der Waals surface area contributed by atoms with Gasteiger partial charge in [0.1, 0.15) is 0 Å². The molecule has 0 saturated carbocycles. The molecule has 1 nitrogen and oxygen atoms in total. The lowest BCUT2D eigenvalue weighted by molar-refractivity contribution is 0.155. The minimum Gasteiger partial charge on any atom is -0.303 e. The van der Waals surface area contributed by atoms with Crippen LogP contribution in [0.5, 0.6) is 0 Å². The molecule has 0 amide bonds. The summed E-state index contributed by atoms with van der Waals surface area (Å²) in [5, 5.41) is 0. The molecule has 0 unspecified atom stereocenters. The predicted molar refractivity (Wildman–Crippen MR) is 95.8 cm³/mol. The lowest BCUT2D eigenvalue weighted by atomic mass is 9.87. The summed E-state index contributed by atoms with van der Waals surface area (Å²) in [5.74, 6) is 1.89. The van der Waals surface area contributed by atoms with E-state index in [2.05, 4.69) is 25.7 Å². The van der Waals surface area contributed by atoms with E-state index in [1.54, 1.807) is 0 Å². The van der Waals surface area contributed by atoms with Crippen LogP contribution in [-0.4, -0.2) is 24.5 Å². The van der Waals surface area contributed by atoms with Gasteiger partial charge < -0.3 is 4.90 Å². The van der Waals surface area contributed by atoms with E-state index in [4.69, 9.17) is 0 Å². The quantitative estimate of drug-likeness (QED) is 0.383. The highest BCUT2D eigenvalue weighted by Gasteiger charge is 2.20. The molecular formula is C20H41N. The molecule has 1 saturated heterocycles. The SMILES string of the molecule is CCCCCCCCCCCCN1CCC(C(C)C)CC1. The molecule has 1 rings (SSSR count). The van der Waals surface area contributed by atoms with Gasteiger partial charge in [-0.15, -0.1) is 0 Å². The third-order valence-electron chi connectivity index (χ3n) is 5.40. The number of rotatable bonds is 12. The number of hydrogen-bond acceptors (Lipinski definition) is 1. The van der Waals surface area contributed by atoms with Crippen molar-refractivity contribution in [1.29, 1.82) is 0 Å². The molecule has 1 aliphatic heterocycles. The maximum absolute atomic E-state index is 2.71. The van der Waals surface area contributed by atoms with Crippen LogP contribution in [0.25, 0.3) is 0 Å². The molecule has 0 aromatic rings. The Balaban J connectivity index is 1.83. The number of unbranched alkanes of at least 4 members (excludes halogenated alkanes) is 9. The average Bonchev–Trinajstić information content (AvgIpc) is 2.49. The average molecular weight is 296 g/mol. The highest BCUT2D eigenvalue weighted by Crippen LogP contribution is 2.24. The van der Waals surface area contributed by atoms with Crippen molar-refractivity contribution < 1.29 is 0 Å². The van der Waals surface area contributed by atoms with E-state index < -0.39 is 0 Å². The van der Waals surface area contributed by atoms with Gasteiger partial charge in [-0.25, -0.2) is 0 Å². The first-order chi connectivity index (χ1) is 10.2. The fourth-order valence-electron chi connectivity index (χ4n) is 3.67. The van der Waals surface area contributed by atoms with Crippen molar-refractivity contribution in [2.24, 2.45) is 11.8 Å². The van der Waals surface area contributed by atoms with Gasteiger partial charge in [-0.3, -0.25) is 0 Å². The third-order valence-corrected chi connectivity index (χ3v) is 5.40. The molecule has 0 aliphatic carbocycles. The number of hydrogen-bond donors (Lipinski definition) is 0. The first kappa shape index (κ1) is 19.0. The van der Waals surface area contributed by atoms with Crippen molar-refractivity contribution >= 4 is 0 Å². The summed E-state index contributed by atoms with van der Waals surface area (Å²) in [5.41, 5.74) is 0. The lowest BCUT2D eigenvalue weighted by Gasteiger charge is -2.33. The van der Waals surface area contributed by atoms with Crippen LogP contribution in [0.4, 0.5) is 0 Å². The monoisotopic (exact) mass is 295 g/mol. The lowest BCUT2D eigenvalue weighted by Crippen LogP contribution is -2.35. The zero-order chi connectivity index (χ0) is 15.3. The van der Waals surface area contributed by atoms with Gasteiger partial charge in [0.2, 0.25) is 0 Å². The van der Waals surface area contributed by atoms with Crippen LogP contribution in [-0.2, 0) is 0 Å². The Morgan fingerprint density at radius 1 is 0.762 bits per heavy atom. The Morgan fingerprint density at radius 3 is 1.71 bits per heavy atom. The van der Waals surface area contributed by atoms with E-state index in [1.807, 2.05) is 0 Å². The molecule has 0 aromatic carbocycles. The van der Waals surface area contributed by atoms with Crippen LogP contribution in [0.15, 0.2) is 0 Å². The summed E-state index contributed by atoms with van der Waals surface area (Å²) >= 11 is 0. The second-order valence-corrected chi connectivity index (χ2v) is 7.61. The summed E-state index contributed by atoms with van der Waals surface area (Å²) in [6, 6.07) is 0. The van der Waals surface area contributed by atoms with E-state index in [0.29, 0.717) is 0 Å². The van der Waals surface area contributed by atoms with Crippen LogP contribution < -0.4 is 0 Å². The van der Waals surface area contributed by atoms with E-state index >= 15 is 0 Å². The van der Waals surface area contributed by atoms with E-state index in [-0.39, 0.29) is 0 Å². The van der Waals surface area contributed by atoms with Crippen LogP contribution in [0.1, 0.15) is 97.8 Å². The Morgan fingerprint density at radius 2 is 1.24 bits per heavy atom. The standard InChI is InChI=1S/C20H41N/c1-4-5-6-7-8-9-10-11-12-13-16-21-17-14-20(15-18-21)19(2)3/h19-20H,4-18H2,1-3H3. The zero-order valence-electron chi connectivity index (χ0n) is 15.2. The summed E-state index contributed by atoms with van der Waals surface area (Å²) in [4.78, 5) is 2.71.